The summed E-state index contributed by atoms with van der Waals surface area (Å²) < 4.78 is 29.7. The Bertz CT molecular complexity index is 686. The van der Waals surface area contributed by atoms with Crippen molar-refractivity contribution in [3.63, 3.8) is 0 Å². The molecule has 0 spiro atoms. The summed E-state index contributed by atoms with van der Waals surface area (Å²) in [4.78, 5) is 4.16. The smallest absolute Gasteiger partial charge is 0.241 e. The van der Waals surface area contributed by atoms with Crippen molar-refractivity contribution >= 4 is 26.0 Å². The lowest BCUT2D eigenvalue weighted by Gasteiger charge is -2.10. The highest BCUT2D eigenvalue weighted by Crippen LogP contribution is 2.23. The van der Waals surface area contributed by atoms with Crippen LogP contribution in [-0.4, -0.2) is 31.6 Å². The lowest BCUT2D eigenvalue weighted by molar-refractivity contribution is 0.572. The summed E-state index contributed by atoms with van der Waals surface area (Å²) in [7, 11) is -1.72. The van der Waals surface area contributed by atoms with Gasteiger partial charge in [-0.25, -0.2) is 18.1 Å². The quantitative estimate of drug-likeness (QED) is 0.768. The minimum Gasteiger partial charge on any atom is -0.336 e. The summed E-state index contributed by atoms with van der Waals surface area (Å²) in [5.41, 5.74) is 0.913. The third kappa shape index (κ3) is 4.37. The van der Waals surface area contributed by atoms with Crippen molar-refractivity contribution in [2.24, 2.45) is 0 Å². The number of imidazole rings is 1. The van der Waals surface area contributed by atoms with Gasteiger partial charge in [0.15, 0.2) is 0 Å². The first-order chi connectivity index (χ1) is 10.0. The molecule has 1 heterocycles. The number of rotatable bonds is 7. The molecule has 21 heavy (non-hydrogen) atoms. The molecule has 8 heteroatoms. The van der Waals surface area contributed by atoms with Gasteiger partial charge in [-0.1, -0.05) is 6.07 Å². The van der Waals surface area contributed by atoms with E-state index in [4.69, 9.17) is 0 Å². The molecule has 0 saturated heterocycles. The van der Waals surface area contributed by atoms with Gasteiger partial charge in [0.1, 0.15) is 0 Å². The molecular weight excluding hydrogens is 356 g/mol. The molecular formula is C13H17BrN4O2S. The normalized spacial score (nSPS) is 11.7. The number of hydrogen-bond donors (Lipinski definition) is 2. The third-order valence-corrected chi connectivity index (χ3v) is 5.34. The molecule has 0 fully saturated rings. The molecule has 0 aliphatic heterocycles. The molecule has 2 N–H and O–H groups in total. The van der Waals surface area contributed by atoms with Gasteiger partial charge in [-0.2, -0.15) is 0 Å². The maximum atomic E-state index is 12.4. The second-order valence-corrected chi connectivity index (χ2v) is 7.08. The molecule has 0 bridgehead atoms. The van der Waals surface area contributed by atoms with Gasteiger partial charge in [-0.05, 0) is 40.7 Å². The van der Waals surface area contributed by atoms with Crippen molar-refractivity contribution in [2.45, 2.75) is 18.0 Å². The summed E-state index contributed by atoms with van der Waals surface area (Å²) in [5, 5.41) is 3.00. The fourth-order valence-corrected chi connectivity index (χ4v) is 3.91. The zero-order valence-corrected chi connectivity index (χ0v) is 14.0. The molecule has 0 unspecified atom stereocenters. The Morgan fingerprint density at radius 3 is 2.86 bits per heavy atom. The Kier molecular flexibility index (Phi) is 5.51. The lowest BCUT2D eigenvalue weighted by atomic mass is 10.2. The van der Waals surface area contributed by atoms with E-state index in [1.807, 2.05) is 17.7 Å². The number of nitrogens with one attached hydrogen (secondary N) is 2. The number of hydrogen-bond acceptors (Lipinski definition) is 4. The molecule has 0 radical (unpaired) electrons. The topological polar surface area (TPSA) is 76.0 Å². The second-order valence-electron chi connectivity index (χ2n) is 4.49. The lowest BCUT2D eigenvalue weighted by Crippen LogP contribution is -2.27. The number of halogens is 1. The molecule has 6 nitrogen and oxygen atoms in total. The Labute approximate surface area is 132 Å². The summed E-state index contributed by atoms with van der Waals surface area (Å²) in [5.74, 6) is 0. The van der Waals surface area contributed by atoms with Crippen molar-refractivity contribution < 1.29 is 8.42 Å². The van der Waals surface area contributed by atoms with Gasteiger partial charge in [0.05, 0.1) is 11.2 Å². The largest absolute Gasteiger partial charge is 0.336 e. The van der Waals surface area contributed by atoms with E-state index < -0.39 is 10.0 Å². The Balaban J connectivity index is 2.09. The Morgan fingerprint density at radius 2 is 2.19 bits per heavy atom. The SMILES string of the molecule is CNCc1ccc(Br)c(S(=O)(=O)NCCn2ccnc2)c1. The van der Waals surface area contributed by atoms with Crippen LogP contribution in [-0.2, 0) is 23.1 Å². The first-order valence-electron chi connectivity index (χ1n) is 6.41. The maximum Gasteiger partial charge on any atom is 0.241 e. The molecule has 2 aromatic rings. The molecule has 1 aromatic heterocycles. The highest BCUT2D eigenvalue weighted by Gasteiger charge is 2.17. The predicted molar refractivity (Wildman–Crippen MR) is 84.3 cm³/mol. The predicted octanol–water partition coefficient (Wildman–Crippen LogP) is 1.34. The highest BCUT2D eigenvalue weighted by atomic mass is 79.9. The van der Waals surface area contributed by atoms with E-state index in [1.165, 1.54) is 0 Å². The van der Waals surface area contributed by atoms with E-state index in [9.17, 15) is 8.42 Å². The monoisotopic (exact) mass is 372 g/mol. The van der Waals surface area contributed by atoms with Crippen LogP contribution in [0.1, 0.15) is 5.56 Å². The van der Waals surface area contributed by atoms with Crippen LogP contribution in [0, 0.1) is 0 Å². The van der Waals surface area contributed by atoms with E-state index in [1.54, 1.807) is 30.9 Å². The van der Waals surface area contributed by atoms with Crippen LogP contribution in [0.4, 0.5) is 0 Å². The first-order valence-corrected chi connectivity index (χ1v) is 8.69. The van der Waals surface area contributed by atoms with Crippen LogP contribution in [0.15, 0.2) is 46.3 Å². The molecule has 0 amide bonds. The summed E-state index contributed by atoms with van der Waals surface area (Å²) in [6.45, 7) is 1.46. The summed E-state index contributed by atoms with van der Waals surface area (Å²) in [6.07, 6.45) is 5.10. The fourth-order valence-electron chi connectivity index (χ4n) is 1.87. The fraction of sp³-hybridized carbons (Fsp3) is 0.308. The molecule has 114 valence electrons. The van der Waals surface area contributed by atoms with Crippen molar-refractivity contribution in [2.75, 3.05) is 13.6 Å². The van der Waals surface area contributed by atoms with E-state index in [-0.39, 0.29) is 4.90 Å². The van der Waals surface area contributed by atoms with E-state index in [2.05, 4.69) is 31.0 Å². The maximum absolute atomic E-state index is 12.4. The van der Waals surface area contributed by atoms with Gasteiger partial charge in [-0.15, -0.1) is 0 Å². The molecule has 0 aliphatic rings. The van der Waals surface area contributed by atoms with Crippen LogP contribution >= 0.6 is 15.9 Å². The van der Waals surface area contributed by atoms with Gasteiger partial charge in [-0.3, -0.25) is 0 Å². The summed E-state index contributed by atoms with van der Waals surface area (Å²) >= 11 is 3.29. The minimum absolute atomic E-state index is 0.251. The Morgan fingerprint density at radius 1 is 1.38 bits per heavy atom. The van der Waals surface area contributed by atoms with Crippen LogP contribution in [0.3, 0.4) is 0 Å². The third-order valence-electron chi connectivity index (χ3n) is 2.89. The number of sulfonamides is 1. The van der Waals surface area contributed by atoms with Crippen molar-refractivity contribution in [3.8, 4) is 0 Å². The van der Waals surface area contributed by atoms with Gasteiger partial charge in [0.25, 0.3) is 0 Å². The van der Waals surface area contributed by atoms with Crippen molar-refractivity contribution in [1.82, 2.24) is 19.6 Å². The second kappa shape index (κ2) is 7.17. The summed E-state index contributed by atoms with van der Waals surface area (Å²) in [6, 6.07) is 5.29. The zero-order chi connectivity index (χ0) is 15.3. The molecule has 2 rings (SSSR count). The van der Waals surface area contributed by atoms with Gasteiger partial charge in [0.2, 0.25) is 10.0 Å². The number of nitrogens with zero attached hydrogens (tertiary/aromatic N) is 2. The highest BCUT2D eigenvalue weighted by molar-refractivity contribution is 9.10. The standard InChI is InChI=1S/C13H17BrN4O2S/c1-15-9-11-2-3-12(14)13(8-11)21(19,20)17-5-7-18-6-4-16-10-18/h2-4,6,8,10,15,17H,5,7,9H2,1H3. The minimum atomic E-state index is -3.54. The van der Waals surface area contributed by atoms with Crippen LogP contribution in [0.25, 0.3) is 0 Å². The van der Waals surface area contributed by atoms with E-state index in [0.717, 1.165) is 5.56 Å². The van der Waals surface area contributed by atoms with Crippen LogP contribution in [0.5, 0.6) is 0 Å². The van der Waals surface area contributed by atoms with Crippen molar-refractivity contribution in [1.29, 1.82) is 0 Å². The first kappa shape index (κ1) is 16.2. The average Bonchev–Trinajstić information content (AvgIpc) is 2.94. The molecule has 0 aliphatic carbocycles. The van der Waals surface area contributed by atoms with Gasteiger partial charge >= 0.3 is 0 Å². The average molecular weight is 373 g/mol. The van der Waals surface area contributed by atoms with Crippen LogP contribution < -0.4 is 10.0 Å². The number of benzene rings is 1. The molecule has 1 aromatic carbocycles. The zero-order valence-electron chi connectivity index (χ0n) is 11.6. The van der Waals surface area contributed by atoms with E-state index in [0.29, 0.717) is 24.1 Å². The molecule has 0 saturated carbocycles. The number of aromatic nitrogens is 2. The van der Waals surface area contributed by atoms with E-state index >= 15 is 0 Å². The van der Waals surface area contributed by atoms with Crippen LogP contribution in [0.2, 0.25) is 0 Å². The van der Waals surface area contributed by atoms with Gasteiger partial charge in [0, 0.05) is 36.5 Å². The Hall–Kier alpha value is -1.22. The van der Waals surface area contributed by atoms with Crippen molar-refractivity contribution in [3.05, 3.63) is 47.0 Å². The molecule has 0 atom stereocenters. The van der Waals surface area contributed by atoms with Gasteiger partial charge < -0.3 is 9.88 Å².